The predicted molar refractivity (Wildman–Crippen MR) is 85.9 cm³/mol. The highest BCUT2D eigenvalue weighted by Gasteiger charge is 2.46. The van der Waals surface area contributed by atoms with E-state index in [1.165, 1.54) is 11.1 Å². The summed E-state index contributed by atoms with van der Waals surface area (Å²) in [5, 5.41) is 0. The van der Waals surface area contributed by atoms with Crippen LogP contribution >= 0.6 is 0 Å². The third kappa shape index (κ3) is 2.61. The van der Waals surface area contributed by atoms with Crippen LogP contribution in [0.5, 0.6) is 0 Å². The predicted octanol–water partition coefficient (Wildman–Crippen LogP) is 1.77. The van der Waals surface area contributed by atoms with Crippen LogP contribution in [-0.2, 0) is 27.2 Å². The van der Waals surface area contributed by atoms with Crippen molar-refractivity contribution in [1.29, 1.82) is 0 Å². The Morgan fingerprint density at radius 2 is 1.91 bits per heavy atom. The Balaban J connectivity index is 1.43. The number of hydrogen-bond acceptors (Lipinski definition) is 4. The Labute approximate surface area is 136 Å². The van der Waals surface area contributed by atoms with Gasteiger partial charge in [-0.1, -0.05) is 30.3 Å². The fourth-order valence-electron chi connectivity index (χ4n) is 4.25. The molecule has 0 aromatic heterocycles. The molecule has 4 rings (SSSR count). The first-order valence-electron chi connectivity index (χ1n) is 8.30. The molecule has 0 spiro atoms. The van der Waals surface area contributed by atoms with Crippen molar-refractivity contribution in [3.8, 4) is 0 Å². The average molecular weight is 311 g/mol. The number of hydrogen-bond donors (Lipinski definition) is 0. The molecular weight excluding hydrogens is 290 g/mol. The SMILES string of the molecule is CN1C[C@@H]2OC(=O)C[C@@H]2[C@H]1/C=C/C(=O)C1Cc2ccccc2C1. The van der Waals surface area contributed by atoms with Gasteiger partial charge in [0.15, 0.2) is 5.78 Å². The topological polar surface area (TPSA) is 46.6 Å². The Morgan fingerprint density at radius 1 is 1.22 bits per heavy atom. The molecule has 120 valence electrons. The van der Waals surface area contributed by atoms with Gasteiger partial charge >= 0.3 is 5.97 Å². The fourth-order valence-corrected chi connectivity index (χ4v) is 4.25. The van der Waals surface area contributed by atoms with Crippen molar-refractivity contribution in [3.63, 3.8) is 0 Å². The molecule has 0 amide bonds. The zero-order chi connectivity index (χ0) is 16.0. The number of ether oxygens (including phenoxy) is 1. The van der Waals surface area contributed by atoms with Crippen molar-refractivity contribution < 1.29 is 14.3 Å². The number of carbonyl (C=O) groups is 2. The molecule has 0 bridgehead atoms. The van der Waals surface area contributed by atoms with Crippen molar-refractivity contribution in [2.24, 2.45) is 11.8 Å². The average Bonchev–Trinajstić information content (AvgIpc) is 3.17. The van der Waals surface area contributed by atoms with Gasteiger partial charge in [0.25, 0.3) is 0 Å². The number of fused-ring (bicyclic) bond motifs is 2. The second-order valence-electron chi connectivity index (χ2n) is 6.96. The summed E-state index contributed by atoms with van der Waals surface area (Å²) in [5.74, 6) is 0.345. The first-order chi connectivity index (χ1) is 11.1. The minimum absolute atomic E-state index is 0.00649. The van der Waals surface area contributed by atoms with Gasteiger partial charge in [0.2, 0.25) is 0 Å². The Bertz CT molecular complexity index is 656. The lowest BCUT2D eigenvalue weighted by molar-refractivity contribution is -0.141. The van der Waals surface area contributed by atoms with E-state index < -0.39 is 0 Å². The molecule has 0 saturated carbocycles. The monoisotopic (exact) mass is 311 g/mol. The summed E-state index contributed by atoms with van der Waals surface area (Å²) in [5.41, 5.74) is 2.60. The van der Waals surface area contributed by atoms with E-state index in [4.69, 9.17) is 4.74 Å². The number of esters is 1. The van der Waals surface area contributed by atoms with Gasteiger partial charge in [0.05, 0.1) is 6.42 Å². The van der Waals surface area contributed by atoms with Crippen molar-refractivity contribution >= 4 is 11.8 Å². The van der Waals surface area contributed by atoms with E-state index in [0.29, 0.717) is 6.42 Å². The highest BCUT2D eigenvalue weighted by atomic mass is 16.6. The van der Waals surface area contributed by atoms with E-state index in [1.807, 2.05) is 25.3 Å². The third-order valence-corrected chi connectivity index (χ3v) is 5.49. The lowest BCUT2D eigenvalue weighted by Gasteiger charge is -2.19. The summed E-state index contributed by atoms with van der Waals surface area (Å²) in [4.78, 5) is 26.2. The van der Waals surface area contributed by atoms with Gasteiger partial charge in [-0.15, -0.1) is 0 Å². The number of likely N-dealkylation sites (tertiary alicyclic amines) is 1. The largest absolute Gasteiger partial charge is 0.461 e. The quantitative estimate of drug-likeness (QED) is 0.630. The van der Waals surface area contributed by atoms with E-state index in [1.54, 1.807) is 6.08 Å². The van der Waals surface area contributed by atoms with Gasteiger partial charge < -0.3 is 4.74 Å². The van der Waals surface area contributed by atoms with E-state index in [0.717, 1.165) is 19.4 Å². The van der Waals surface area contributed by atoms with Crippen LogP contribution in [0, 0.1) is 11.8 Å². The van der Waals surface area contributed by atoms with Crippen molar-refractivity contribution in [2.45, 2.75) is 31.4 Å². The Morgan fingerprint density at radius 3 is 2.61 bits per heavy atom. The van der Waals surface area contributed by atoms with Gasteiger partial charge in [-0.3, -0.25) is 14.5 Å². The summed E-state index contributed by atoms with van der Waals surface area (Å²) in [7, 11) is 2.02. The number of carbonyl (C=O) groups excluding carboxylic acids is 2. The van der Waals surface area contributed by atoms with E-state index in [9.17, 15) is 9.59 Å². The van der Waals surface area contributed by atoms with Gasteiger partial charge in [-0.05, 0) is 37.1 Å². The number of benzene rings is 1. The lowest BCUT2D eigenvalue weighted by Crippen LogP contribution is -2.28. The number of ketones is 1. The van der Waals surface area contributed by atoms with Gasteiger partial charge in [-0.25, -0.2) is 0 Å². The highest BCUT2D eigenvalue weighted by molar-refractivity contribution is 5.92. The zero-order valence-corrected chi connectivity index (χ0v) is 13.3. The maximum Gasteiger partial charge on any atom is 0.306 e. The molecule has 4 heteroatoms. The summed E-state index contributed by atoms with van der Waals surface area (Å²) in [6.45, 7) is 0.758. The van der Waals surface area contributed by atoms with Crippen LogP contribution in [-0.4, -0.2) is 42.4 Å². The molecule has 2 saturated heterocycles. The second kappa shape index (κ2) is 5.60. The normalized spacial score (nSPS) is 30.7. The van der Waals surface area contributed by atoms with Gasteiger partial charge in [0.1, 0.15) is 6.10 Å². The van der Waals surface area contributed by atoms with Crippen LogP contribution in [0.2, 0.25) is 0 Å². The number of rotatable bonds is 3. The molecule has 23 heavy (non-hydrogen) atoms. The van der Waals surface area contributed by atoms with Gasteiger partial charge in [-0.2, -0.15) is 0 Å². The maximum absolute atomic E-state index is 12.5. The molecule has 1 aromatic carbocycles. The van der Waals surface area contributed by atoms with Crippen molar-refractivity contribution in [1.82, 2.24) is 4.90 Å². The lowest BCUT2D eigenvalue weighted by atomic mass is 9.94. The second-order valence-corrected chi connectivity index (χ2v) is 6.96. The third-order valence-electron chi connectivity index (χ3n) is 5.49. The van der Waals surface area contributed by atoms with Crippen LogP contribution in [0.1, 0.15) is 17.5 Å². The molecule has 0 radical (unpaired) electrons. The minimum Gasteiger partial charge on any atom is -0.461 e. The molecule has 1 aliphatic carbocycles. The summed E-state index contributed by atoms with van der Waals surface area (Å²) in [6, 6.07) is 8.42. The first-order valence-corrected chi connectivity index (χ1v) is 8.30. The summed E-state index contributed by atoms with van der Waals surface area (Å²) in [6.07, 6.45) is 5.86. The number of likely N-dealkylation sites (N-methyl/N-ethyl adjacent to an activating group) is 1. The van der Waals surface area contributed by atoms with Crippen LogP contribution in [0.15, 0.2) is 36.4 Å². The van der Waals surface area contributed by atoms with Crippen LogP contribution in [0.4, 0.5) is 0 Å². The number of allylic oxidation sites excluding steroid dienone is 1. The summed E-state index contributed by atoms with van der Waals surface area (Å²) >= 11 is 0. The van der Waals surface area contributed by atoms with Gasteiger partial charge in [0, 0.05) is 24.4 Å². The molecule has 3 atom stereocenters. The molecule has 0 unspecified atom stereocenters. The molecular formula is C19H21NO3. The fraction of sp³-hybridized carbons (Fsp3) is 0.474. The van der Waals surface area contributed by atoms with Crippen molar-refractivity contribution in [2.75, 3.05) is 13.6 Å². The molecule has 2 aliphatic heterocycles. The standard InChI is InChI=1S/C19H21NO3/c1-20-11-18-15(10-19(22)23-18)16(20)6-7-17(21)14-8-12-4-2-3-5-13(12)9-14/h2-7,14-16,18H,8-11H2,1H3/b7-6+/t15-,16-,18+/m1/s1. The molecule has 3 aliphatic rings. The minimum atomic E-state index is -0.107. The van der Waals surface area contributed by atoms with Crippen LogP contribution in [0.25, 0.3) is 0 Å². The smallest absolute Gasteiger partial charge is 0.306 e. The maximum atomic E-state index is 12.5. The van der Waals surface area contributed by atoms with E-state index in [-0.39, 0.29) is 35.7 Å². The Hall–Kier alpha value is -1.94. The molecule has 2 fully saturated rings. The zero-order valence-electron chi connectivity index (χ0n) is 13.3. The summed E-state index contributed by atoms with van der Waals surface area (Å²) < 4.78 is 5.34. The van der Waals surface area contributed by atoms with Crippen LogP contribution in [0.3, 0.4) is 0 Å². The van der Waals surface area contributed by atoms with Crippen LogP contribution < -0.4 is 0 Å². The molecule has 1 aromatic rings. The number of nitrogens with zero attached hydrogens (tertiary/aromatic N) is 1. The molecule has 4 nitrogen and oxygen atoms in total. The molecule has 2 heterocycles. The molecule has 0 N–H and O–H groups in total. The highest BCUT2D eigenvalue weighted by Crippen LogP contribution is 2.35. The van der Waals surface area contributed by atoms with E-state index >= 15 is 0 Å². The first kappa shape index (κ1) is 14.6. The Kier molecular flexibility index (Phi) is 3.57. The van der Waals surface area contributed by atoms with Crippen molar-refractivity contribution in [3.05, 3.63) is 47.5 Å². The van der Waals surface area contributed by atoms with E-state index in [2.05, 4.69) is 17.0 Å².